The molecule has 1 aliphatic heterocycles. The van der Waals surface area contributed by atoms with Gasteiger partial charge < -0.3 is 5.32 Å². The maximum Gasteiger partial charge on any atom is 0.0390 e. The van der Waals surface area contributed by atoms with Gasteiger partial charge in [0.1, 0.15) is 0 Å². The van der Waals surface area contributed by atoms with Crippen molar-refractivity contribution < 1.29 is 0 Å². The molecule has 1 aromatic rings. The Bertz CT molecular complexity index is 234. The SMILES string of the molecule is SCC1Cc2ccccc2N1. The van der Waals surface area contributed by atoms with Crippen LogP contribution in [-0.2, 0) is 6.42 Å². The first kappa shape index (κ1) is 7.04. The monoisotopic (exact) mass is 165 g/mol. The van der Waals surface area contributed by atoms with E-state index >= 15 is 0 Å². The van der Waals surface area contributed by atoms with E-state index in [9.17, 15) is 0 Å². The molecule has 0 saturated heterocycles. The Kier molecular flexibility index (Phi) is 1.78. The lowest BCUT2D eigenvalue weighted by Gasteiger charge is -2.05. The molecule has 1 aromatic carbocycles. The molecule has 0 spiro atoms. The molecule has 2 rings (SSSR count). The Balaban J connectivity index is 2.27. The van der Waals surface area contributed by atoms with Crippen LogP contribution in [0.1, 0.15) is 5.56 Å². The van der Waals surface area contributed by atoms with Crippen LogP contribution < -0.4 is 5.32 Å². The van der Waals surface area contributed by atoms with Crippen molar-refractivity contribution in [2.24, 2.45) is 0 Å². The van der Waals surface area contributed by atoms with Crippen LogP contribution in [0.4, 0.5) is 5.69 Å². The van der Waals surface area contributed by atoms with Crippen molar-refractivity contribution in [1.29, 1.82) is 0 Å². The van der Waals surface area contributed by atoms with Gasteiger partial charge in [0.15, 0.2) is 0 Å². The highest BCUT2D eigenvalue weighted by Crippen LogP contribution is 2.25. The predicted molar refractivity (Wildman–Crippen MR) is 51.4 cm³/mol. The van der Waals surface area contributed by atoms with Crippen molar-refractivity contribution in [3.05, 3.63) is 29.8 Å². The molecule has 11 heavy (non-hydrogen) atoms. The number of para-hydroxylation sites is 1. The molecule has 0 bridgehead atoms. The molecule has 0 amide bonds. The third-order valence-electron chi connectivity index (χ3n) is 2.06. The van der Waals surface area contributed by atoms with Crippen LogP contribution in [0.3, 0.4) is 0 Å². The van der Waals surface area contributed by atoms with Gasteiger partial charge in [-0.2, -0.15) is 12.6 Å². The zero-order chi connectivity index (χ0) is 7.68. The number of hydrogen-bond acceptors (Lipinski definition) is 2. The summed E-state index contributed by atoms with van der Waals surface area (Å²) >= 11 is 4.26. The van der Waals surface area contributed by atoms with Crippen molar-refractivity contribution in [2.75, 3.05) is 11.1 Å². The Morgan fingerprint density at radius 2 is 2.27 bits per heavy atom. The van der Waals surface area contributed by atoms with Crippen LogP contribution in [0.15, 0.2) is 24.3 Å². The fraction of sp³-hybridized carbons (Fsp3) is 0.333. The van der Waals surface area contributed by atoms with Crippen molar-refractivity contribution in [2.45, 2.75) is 12.5 Å². The van der Waals surface area contributed by atoms with Gasteiger partial charge >= 0.3 is 0 Å². The molecule has 1 unspecified atom stereocenters. The van der Waals surface area contributed by atoms with Gasteiger partial charge in [0.25, 0.3) is 0 Å². The number of anilines is 1. The standard InChI is InChI=1S/C9H11NS/c11-6-8-5-7-3-1-2-4-9(7)10-8/h1-4,8,10-11H,5-6H2. The van der Waals surface area contributed by atoms with Gasteiger partial charge in [-0.3, -0.25) is 0 Å². The molecule has 0 radical (unpaired) electrons. The second kappa shape index (κ2) is 2.78. The minimum atomic E-state index is 0.538. The summed E-state index contributed by atoms with van der Waals surface area (Å²) in [5.41, 5.74) is 2.71. The highest BCUT2D eigenvalue weighted by Gasteiger charge is 2.17. The molecule has 0 fully saturated rings. The predicted octanol–water partition coefficient (Wildman–Crippen LogP) is 1.95. The van der Waals surface area contributed by atoms with Crippen LogP contribution in [0, 0.1) is 0 Å². The molecule has 1 aliphatic rings. The zero-order valence-electron chi connectivity index (χ0n) is 6.25. The first-order valence-corrected chi connectivity index (χ1v) is 4.48. The van der Waals surface area contributed by atoms with Crippen LogP contribution >= 0.6 is 12.6 Å². The van der Waals surface area contributed by atoms with E-state index in [0.29, 0.717) is 6.04 Å². The van der Waals surface area contributed by atoms with Gasteiger partial charge in [-0.1, -0.05) is 18.2 Å². The minimum absolute atomic E-state index is 0.538. The van der Waals surface area contributed by atoms with Gasteiger partial charge in [0.05, 0.1) is 0 Å². The topological polar surface area (TPSA) is 12.0 Å². The molecule has 1 atom stereocenters. The summed E-state index contributed by atoms with van der Waals surface area (Å²) in [7, 11) is 0. The van der Waals surface area contributed by atoms with Crippen LogP contribution in [0.2, 0.25) is 0 Å². The largest absolute Gasteiger partial charge is 0.381 e. The molecule has 1 heterocycles. The first-order chi connectivity index (χ1) is 5.40. The Labute approximate surface area is 72.2 Å². The summed E-state index contributed by atoms with van der Waals surface area (Å²) in [6.45, 7) is 0. The number of benzene rings is 1. The first-order valence-electron chi connectivity index (χ1n) is 3.85. The van der Waals surface area contributed by atoms with Gasteiger partial charge in [0.2, 0.25) is 0 Å². The quantitative estimate of drug-likeness (QED) is 0.606. The molecule has 1 N–H and O–H groups in total. The van der Waals surface area contributed by atoms with E-state index < -0.39 is 0 Å². The van der Waals surface area contributed by atoms with Crippen LogP contribution in [0.5, 0.6) is 0 Å². The number of hydrogen-bond donors (Lipinski definition) is 2. The number of nitrogens with one attached hydrogen (secondary N) is 1. The van der Waals surface area contributed by atoms with E-state index in [-0.39, 0.29) is 0 Å². The van der Waals surface area contributed by atoms with E-state index in [1.807, 2.05) is 0 Å². The average molecular weight is 165 g/mol. The summed E-state index contributed by atoms with van der Waals surface area (Å²) in [5.74, 6) is 0.911. The Hall–Kier alpha value is -0.630. The Morgan fingerprint density at radius 3 is 3.00 bits per heavy atom. The summed E-state index contributed by atoms with van der Waals surface area (Å²) in [4.78, 5) is 0. The van der Waals surface area contributed by atoms with Crippen LogP contribution in [-0.4, -0.2) is 11.8 Å². The van der Waals surface area contributed by atoms with Crippen molar-refractivity contribution >= 4 is 18.3 Å². The fourth-order valence-electron chi connectivity index (χ4n) is 1.49. The molecular weight excluding hydrogens is 154 g/mol. The third-order valence-corrected chi connectivity index (χ3v) is 2.50. The van der Waals surface area contributed by atoms with E-state index in [4.69, 9.17) is 0 Å². The molecule has 1 nitrogen and oxygen atoms in total. The van der Waals surface area contributed by atoms with Crippen molar-refractivity contribution in [3.8, 4) is 0 Å². The van der Waals surface area contributed by atoms with E-state index in [1.54, 1.807) is 0 Å². The number of rotatable bonds is 1. The second-order valence-electron chi connectivity index (χ2n) is 2.89. The van der Waals surface area contributed by atoms with E-state index in [2.05, 4.69) is 42.2 Å². The van der Waals surface area contributed by atoms with E-state index in [1.165, 1.54) is 11.3 Å². The summed E-state index contributed by atoms with van der Waals surface area (Å²) in [6, 6.07) is 8.98. The maximum absolute atomic E-state index is 4.26. The smallest absolute Gasteiger partial charge is 0.0390 e. The maximum atomic E-state index is 4.26. The van der Waals surface area contributed by atoms with Gasteiger partial charge in [-0.05, 0) is 18.1 Å². The zero-order valence-corrected chi connectivity index (χ0v) is 7.14. The Morgan fingerprint density at radius 1 is 1.45 bits per heavy atom. The van der Waals surface area contributed by atoms with Crippen LogP contribution in [0.25, 0.3) is 0 Å². The molecule has 2 heteroatoms. The highest BCUT2D eigenvalue weighted by molar-refractivity contribution is 7.80. The average Bonchev–Trinajstić information content (AvgIpc) is 2.46. The second-order valence-corrected chi connectivity index (χ2v) is 3.25. The summed E-state index contributed by atoms with van der Waals surface area (Å²) in [5, 5.41) is 3.41. The van der Waals surface area contributed by atoms with Gasteiger partial charge in [-0.25, -0.2) is 0 Å². The third kappa shape index (κ3) is 1.23. The molecular formula is C9H11NS. The normalized spacial score (nSPS) is 21.0. The molecule has 58 valence electrons. The van der Waals surface area contributed by atoms with E-state index in [0.717, 1.165) is 12.2 Å². The number of thiol groups is 1. The van der Waals surface area contributed by atoms with Crippen molar-refractivity contribution in [1.82, 2.24) is 0 Å². The fourth-order valence-corrected chi connectivity index (χ4v) is 1.71. The lowest BCUT2D eigenvalue weighted by molar-refractivity contribution is 0.854. The summed E-state index contributed by atoms with van der Waals surface area (Å²) < 4.78 is 0. The van der Waals surface area contributed by atoms with Gasteiger partial charge in [-0.15, -0.1) is 0 Å². The highest BCUT2D eigenvalue weighted by atomic mass is 32.1. The molecule has 0 aliphatic carbocycles. The van der Waals surface area contributed by atoms with Gasteiger partial charge in [0, 0.05) is 17.5 Å². The minimum Gasteiger partial charge on any atom is -0.381 e. The molecule has 0 aromatic heterocycles. The lowest BCUT2D eigenvalue weighted by atomic mass is 10.1. The number of fused-ring (bicyclic) bond motifs is 1. The molecule has 0 saturated carbocycles. The lowest BCUT2D eigenvalue weighted by Crippen LogP contribution is -2.16. The van der Waals surface area contributed by atoms with Crippen molar-refractivity contribution in [3.63, 3.8) is 0 Å². The summed E-state index contributed by atoms with van der Waals surface area (Å²) in [6.07, 6.45) is 1.12.